The summed E-state index contributed by atoms with van der Waals surface area (Å²) in [4.78, 5) is 11.8. The van der Waals surface area contributed by atoms with Gasteiger partial charge in [-0.3, -0.25) is 14.2 Å². The number of amides is 1. The third-order valence-corrected chi connectivity index (χ3v) is 3.23. The van der Waals surface area contributed by atoms with Crippen molar-refractivity contribution in [2.75, 3.05) is 0 Å². The average Bonchev–Trinajstić information content (AvgIpc) is 2.93. The smallest absolute Gasteiger partial charge is 0.261 e. The SMILES string of the molecule is C/C(=N/NC(=O)Cn1cc(C)cn1)c1c(Br)cnn1C. The average molecular weight is 339 g/mol. The van der Waals surface area contributed by atoms with Crippen LogP contribution in [0.3, 0.4) is 0 Å². The van der Waals surface area contributed by atoms with Gasteiger partial charge in [-0.2, -0.15) is 15.3 Å². The molecule has 106 valence electrons. The first-order chi connectivity index (χ1) is 9.47. The van der Waals surface area contributed by atoms with Crippen molar-refractivity contribution in [3.8, 4) is 0 Å². The lowest BCUT2D eigenvalue weighted by atomic mass is 10.3. The molecule has 0 unspecified atom stereocenters. The minimum Gasteiger partial charge on any atom is -0.271 e. The highest BCUT2D eigenvalue weighted by Gasteiger charge is 2.10. The molecule has 2 aromatic heterocycles. The Morgan fingerprint density at radius 3 is 2.75 bits per heavy atom. The summed E-state index contributed by atoms with van der Waals surface area (Å²) in [5, 5.41) is 12.2. The Hall–Kier alpha value is -1.96. The van der Waals surface area contributed by atoms with E-state index in [9.17, 15) is 4.79 Å². The Bertz CT molecular complexity index is 637. The summed E-state index contributed by atoms with van der Waals surface area (Å²) in [6.45, 7) is 3.86. The third kappa shape index (κ3) is 3.32. The molecule has 0 radical (unpaired) electrons. The molecule has 2 rings (SSSR count). The first-order valence-electron chi connectivity index (χ1n) is 5.97. The van der Waals surface area contributed by atoms with E-state index in [2.05, 4.69) is 36.7 Å². The van der Waals surface area contributed by atoms with Crippen LogP contribution in [0.2, 0.25) is 0 Å². The molecule has 0 aliphatic rings. The van der Waals surface area contributed by atoms with Gasteiger partial charge >= 0.3 is 0 Å². The molecule has 1 amide bonds. The van der Waals surface area contributed by atoms with Gasteiger partial charge in [-0.05, 0) is 35.3 Å². The lowest BCUT2D eigenvalue weighted by Gasteiger charge is -2.04. The van der Waals surface area contributed by atoms with Gasteiger partial charge in [0, 0.05) is 13.2 Å². The molecule has 20 heavy (non-hydrogen) atoms. The molecule has 0 saturated carbocycles. The van der Waals surface area contributed by atoms with Crippen LogP contribution in [0.4, 0.5) is 0 Å². The Morgan fingerprint density at radius 1 is 1.45 bits per heavy atom. The fourth-order valence-corrected chi connectivity index (χ4v) is 2.39. The van der Waals surface area contributed by atoms with Gasteiger partial charge in [0.25, 0.3) is 5.91 Å². The van der Waals surface area contributed by atoms with Gasteiger partial charge in [-0.25, -0.2) is 5.43 Å². The number of hydrazone groups is 1. The van der Waals surface area contributed by atoms with Gasteiger partial charge in [0.15, 0.2) is 0 Å². The summed E-state index contributed by atoms with van der Waals surface area (Å²) in [7, 11) is 1.81. The molecule has 0 aromatic carbocycles. The van der Waals surface area contributed by atoms with Crippen LogP contribution in [-0.4, -0.2) is 31.2 Å². The van der Waals surface area contributed by atoms with E-state index in [4.69, 9.17) is 0 Å². The van der Waals surface area contributed by atoms with Crippen LogP contribution >= 0.6 is 15.9 Å². The van der Waals surface area contributed by atoms with Crippen LogP contribution in [-0.2, 0) is 18.4 Å². The molecular formula is C12H15BrN6O. The molecule has 0 fully saturated rings. The molecule has 7 nitrogen and oxygen atoms in total. The van der Waals surface area contributed by atoms with Gasteiger partial charge in [0.2, 0.25) is 0 Å². The van der Waals surface area contributed by atoms with E-state index < -0.39 is 0 Å². The lowest BCUT2D eigenvalue weighted by molar-refractivity contribution is -0.121. The second-order valence-electron chi connectivity index (χ2n) is 4.41. The molecule has 0 spiro atoms. The first-order valence-corrected chi connectivity index (χ1v) is 6.76. The van der Waals surface area contributed by atoms with E-state index in [1.54, 1.807) is 34.9 Å². The Labute approximate surface area is 124 Å². The number of hydrogen-bond donors (Lipinski definition) is 1. The van der Waals surface area contributed by atoms with Crippen molar-refractivity contribution in [3.05, 3.63) is 34.3 Å². The molecule has 0 atom stereocenters. The van der Waals surface area contributed by atoms with Gasteiger partial charge in [0.05, 0.1) is 28.3 Å². The summed E-state index contributed by atoms with van der Waals surface area (Å²) in [5.74, 6) is -0.231. The van der Waals surface area contributed by atoms with E-state index in [1.807, 2.05) is 14.0 Å². The predicted molar refractivity (Wildman–Crippen MR) is 78.2 cm³/mol. The topological polar surface area (TPSA) is 77.1 Å². The molecular weight excluding hydrogens is 324 g/mol. The van der Waals surface area contributed by atoms with E-state index in [0.717, 1.165) is 15.7 Å². The minimum atomic E-state index is -0.231. The standard InChI is InChI=1S/C12H15BrN6O/c1-8-4-15-19(6-8)7-11(20)17-16-9(2)12-10(13)5-14-18(12)3/h4-6H,7H2,1-3H3,(H,17,20)/b16-9-. The number of nitrogens with zero attached hydrogens (tertiary/aromatic N) is 5. The van der Waals surface area contributed by atoms with Gasteiger partial charge < -0.3 is 0 Å². The minimum absolute atomic E-state index is 0.136. The molecule has 2 heterocycles. The maximum atomic E-state index is 11.8. The number of halogens is 1. The number of carbonyl (C=O) groups is 1. The van der Waals surface area contributed by atoms with Crippen molar-refractivity contribution in [3.63, 3.8) is 0 Å². The number of nitrogens with one attached hydrogen (secondary N) is 1. The molecule has 1 N–H and O–H groups in total. The van der Waals surface area contributed by atoms with Crippen molar-refractivity contribution in [2.45, 2.75) is 20.4 Å². The van der Waals surface area contributed by atoms with E-state index in [1.165, 1.54) is 0 Å². The number of rotatable bonds is 4. The van der Waals surface area contributed by atoms with Gasteiger partial charge in [-0.15, -0.1) is 0 Å². The summed E-state index contributed by atoms with van der Waals surface area (Å²) in [6, 6.07) is 0. The van der Waals surface area contributed by atoms with Crippen LogP contribution < -0.4 is 5.43 Å². The quantitative estimate of drug-likeness (QED) is 0.672. The fraction of sp³-hybridized carbons (Fsp3) is 0.333. The highest BCUT2D eigenvalue weighted by molar-refractivity contribution is 9.10. The highest BCUT2D eigenvalue weighted by Crippen LogP contribution is 2.15. The van der Waals surface area contributed by atoms with Crippen molar-refractivity contribution >= 4 is 27.5 Å². The van der Waals surface area contributed by atoms with Crippen LogP contribution in [0.5, 0.6) is 0 Å². The molecule has 2 aromatic rings. The molecule has 8 heteroatoms. The maximum absolute atomic E-state index is 11.8. The summed E-state index contributed by atoms with van der Waals surface area (Å²) in [5.41, 5.74) is 5.01. The van der Waals surface area contributed by atoms with Crippen LogP contribution in [0.1, 0.15) is 18.2 Å². The van der Waals surface area contributed by atoms with Crippen molar-refractivity contribution in [1.82, 2.24) is 25.0 Å². The van der Waals surface area contributed by atoms with E-state index in [-0.39, 0.29) is 12.5 Å². The zero-order chi connectivity index (χ0) is 14.7. The molecule has 0 aliphatic heterocycles. The first kappa shape index (κ1) is 14.4. The fourth-order valence-electron chi connectivity index (χ4n) is 1.75. The van der Waals surface area contributed by atoms with Crippen molar-refractivity contribution in [1.29, 1.82) is 0 Å². The van der Waals surface area contributed by atoms with Crippen molar-refractivity contribution in [2.24, 2.45) is 12.1 Å². The number of aromatic nitrogens is 4. The second-order valence-corrected chi connectivity index (χ2v) is 5.27. The summed E-state index contributed by atoms with van der Waals surface area (Å²) < 4.78 is 4.08. The van der Waals surface area contributed by atoms with Crippen LogP contribution in [0, 0.1) is 6.92 Å². The van der Waals surface area contributed by atoms with Crippen LogP contribution in [0.25, 0.3) is 0 Å². The molecule has 0 aliphatic carbocycles. The van der Waals surface area contributed by atoms with Gasteiger partial charge in [-0.1, -0.05) is 0 Å². The van der Waals surface area contributed by atoms with Gasteiger partial charge in [0.1, 0.15) is 6.54 Å². The Kier molecular flexibility index (Phi) is 4.33. The number of aryl methyl sites for hydroxylation is 2. The largest absolute Gasteiger partial charge is 0.271 e. The van der Waals surface area contributed by atoms with Crippen molar-refractivity contribution < 1.29 is 4.79 Å². The predicted octanol–water partition coefficient (Wildman–Crippen LogP) is 1.23. The zero-order valence-electron chi connectivity index (χ0n) is 11.5. The number of hydrogen-bond acceptors (Lipinski definition) is 4. The third-order valence-electron chi connectivity index (χ3n) is 2.65. The molecule has 0 saturated heterocycles. The summed E-state index contributed by atoms with van der Waals surface area (Å²) >= 11 is 3.39. The normalized spacial score (nSPS) is 11.7. The van der Waals surface area contributed by atoms with Crippen LogP contribution in [0.15, 0.2) is 28.2 Å². The lowest BCUT2D eigenvalue weighted by Crippen LogP contribution is -2.25. The Morgan fingerprint density at radius 2 is 2.20 bits per heavy atom. The molecule has 0 bridgehead atoms. The highest BCUT2D eigenvalue weighted by atomic mass is 79.9. The van der Waals surface area contributed by atoms with E-state index >= 15 is 0 Å². The number of carbonyl (C=O) groups excluding carboxylic acids is 1. The maximum Gasteiger partial charge on any atom is 0.261 e. The zero-order valence-corrected chi connectivity index (χ0v) is 13.0. The monoisotopic (exact) mass is 338 g/mol. The summed E-state index contributed by atoms with van der Waals surface area (Å²) in [6.07, 6.45) is 5.19. The second kappa shape index (κ2) is 6.00. The Balaban J connectivity index is 2.00. The van der Waals surface area contributed by atoms with E-state index in [0.29, 0.717) is 5.71 Å².